The third-order valence-corrected chi connectivity index (χ3v) is 5.33. The van der Waals surface area contributed by atoms with Gasteiger partial charge in [-0.05, 0) is 45.0 Å². The minimum Gasteiger partial charge on any atom is -0.366 e. The van der Waals surface area contributed by atoms with Gasteiger partial charge in [0.05, 0.1) is 17.9 Å². The number of hydrogen-bond acceptors (Lipinski definition) is 6. The molecule has 1 aromatic heterocycles. The summed E-state index contributed by atoms with van der Waals surface area (Å²) in [6.07, 6.45) is 1.48. The predicted octanol–water partition coefficient (Wildman–Crippen LogP) is 1.70. The van der Waals surface area contributed by atoms with E-state index < -0.39 is 0 Å². The second kappa shape index (κ2) is 9.08. The fourth-order valence-electron chi connectivity index (χ4n) is 3.51. The van der Waals surface area contributed by atoms with Gasteiger partial charge in [-0.25, -0.2) is 4.98 Å². The minimum atomic E-state index is -0.361. The molecule has 1 saturated heterocycles. The molecule has 1 aliphatic rings. The highest BCUT2D eigenvalue weighted by Crippen LogP contribution is 2.21. The number of amides is 2. The molecule has 1 unspecified atom stereocenters. The molecule has 9 nitrogen and oxygen atoms in total. The fraction of sp³-hybridized carbons (Fsp3) is 0.429. The molecular formula is C21H29N7O2. The van der Waals surface area contributed by atoms with Crippen molar-refractivity contribution in [2.75, 3.05) is 36.9 Å². The van der Waals surface area contributed by atoms with Gasteiger partial charge < -0.3 is 20.1 Å². The number of anilines is 2. The first kappa shape index (κ1) is 21.5. The number of imidazole rings is 1. The number of benzene rings is 1. The Hall–Kier alpha value is -3.20. The molecule has 1 atom stereocenters. The Balaban J connectivity index is 1.66. The first-order chi connectivity index (χ1) is 14.3. The summed E-state index contributed by atoms with van der Waals surface area (Å²) in [6, 6.07) is 8.21. The average Bonchev–Trinajstić information content (AvgIpc) is 3.07. The van der Waals surface area contributed by atoms with E-state index in [9.17, 15) is 9.59 Å². The number of nitrogens with one attached hydrogen (secondary N) is 3. The first-order valence-corrected chi connectivity index (χ1v) is 10.00. The van der Waals surface area contributed by atoms with E-state index in [1.807, 2.05) is 24.3 Å². The number of carbonyl (C=O) groups excluding carboxylic acids is 2. The van der Waals surface area contributed by atoms with E-state index in [1.165, 1.54) is 29.8 Å². The van der Waals surface area contributed by atoms with E-state index in [-0.39, 0.29) is 24.2 Å². The van der Waals surface area contributed by atoms with Crippen molar-refractivity contribution in [1.29, 1.82) is 5.41 Å². The molecule has 2 amide bonds. The molecule has 1 aromatic carbocycles. The maximum absolute atomic E-state index is 12.6. The fourth-order valence-corrected chi connectivity index (χ4v) is 3.51. The van der Waals surface area contributed by atoms with Crippen LogP contribution < -0.4 is 15.5 Å². The maximum atomic E-state index is 12.6. The van der Waals surface area contributed by atoms with Crippen LogP contribution in [0.3, 0.4) is 0 Å². The molecule has 0 radical (unpaired) electrons. The number of amidine groups is 1. The molecule has 0 saturated carbocycles. The third-order valence-electron chi connectivity index (χ3n) is 5.33. The summed E-state index contributed by atoms with van der Waals surface area (Å²) < 4.78 is 1.52. The lowest BCUT2D eigenvalue weighted by molar-refractivity contribution is -0.116. The van der Waals surface area contributed by atoms with Gasteiger partial charge in [0, 0.05) is 44.1 Å². The Kier molecular flexibility index (Phi) is 6.51. The third kappa shape index (κ3) is 4.68. The molecule has 3 rings (SSSR count). The number of nitrogens with zero attached hydrogens (tertiary/aromatic N) is 4. The molecule has 2 heterocycles. The molecule has 2 aromatic rings. The van der Waals surface area contributed by atoms with Crippen LogP contribution >= 0.6 is 0 Å². The van der Waals surface area contributed by atoms with Gasteiger partial charge in [-0.2, -0.15) is 0 Å². The van der Waals surface area contributed by atoms with E-state index in [0.29, 0.717) is 23.1 Å². The zero-order valence-corrected chi connectivity index (χ0v) is 17.9. The van der Waals surface area contributed by atoms with Crippen molar-refractivity contribution < 1.29 is 9.59 Å². The van der Waals surface area contributed by atoms with Gasteiger partial charge in [0.1, 0.15) is 12.2 Å². The molecule has 0 bridgehead atoms. The highest BCUT2D eigenvalue weighted by molar-refractivity contribution is 6.04. The summed E-state index contributed by atoms with van der Waals surface area (Å²) in [6.45, 7) is 8.26. The topological polar surface area (TPSA) is 106 Å². The van der Waals surface area contributed by atoms with Gasteiger partial charge in [0.25, 0.3) is 5.91 Å². The SMILES string of the molecule is CC(=N)N(C)C(=O)c1c(C)ncn1CC(=O)Nc1ccc(N2CCNCC2C)cc1. The Bertz CT molecular complexity index is 935. The van der Waals surface area contributed by atoms with E-state index >= 15 is 0 Å². The van der Waals surface area contributed by atoms with Crippen LogP contribution in [-0.2, 0) is 11.3 Å². The standard InChI is InChI=1S/C21H29N7O2/c1-14-11-23-9-10-28(14)18-7-5-17(6-8-18)25-19(29)12-27-13-24-15(2)20(27)21(30)26(4)16(3)22/h5-8,13-14,22-23H,9-12H2,1-4H3,(H,25,29). The Morgan fingerprint density at radius 2 is 2.03 bits per heavy atom. The highest BCUT2D eigenvalue weighted by atomic mass is 16.2. The number of piperazine rings is 1. The van der Waals surface area contributed by atoms with Gasteiger partial charge >= 0.3 is 0 Å². The van der Waals surface area contributed by atoms with Crippen molar-refractivity contribution in [1.82, 2.24) is 19.8 Å². The Morgan fingerprint density at radius 1 is 1.33 bits per heavy atom. The summed E-state index contributed by atoms with van der Waals surface area (Å²) in [5, 5.41) is 13.9. The van der Waals surface area contributed by atoms with Crippen LogP contribution in [-0.4, -0.2) is 64.8 Å². The summed E-state index contributed by atoms with van der Waals surface area (Å²) in [5.41, 5.74) is 2.66. The van der Waals surface area contributed by atoms with Crippen molar-refractivity contribution in [2.45, 2.75) is 33.4 Å². The second-order valence-corrected chi connectivity index (χ2v) is 7.60. The number of carbonyl (C=O) groups is 2. The van der Waals surface area contributed by atoms with Crippen LogP contribution in [0.1, 0.15) is 30.0 Å². The molecule has 160 valence electrons. The lowest BCUT2D eigenvalue weighted by Crippen LogP contribution is -2.49. The summed E-state index contributed by atoms with van der Waals surface area (Å²) >= 11 is 0. The molecule has 0 spiro atoms. The number of aryl methyl sites for hydroxylation is 1. The van der Waals surface area contributed by atoms with Crippen molar-refractivity contribution in [2.24, 2.45) is 0 Å². The smallest absolute Gasteiger partial charge is 0.277 e. The molecule has 30 heavy (non-hydrogen) atoms. The lowest BCUT2D eigenvalue weighted by atomic mass is 10.1. The largest absolute Gasteiger partial charge is 0.366 e. The lowest BCUT2D eigenvalue weighted by Gasteiger charge is -2.36. The average molecular weight is 412 g/mol. The molecule has 1 fully saturated rings. The predicted molar refractivity (Wildman–Crippen MR) is 117 cm³/mol. The van der Waals surface area contributed by atoms with Crippen molar-refractivity contribution in [3.8, 4) is 0 Å². The molecule has 3 N–H and O–H groups in total. The van der Waals surface area contributed by atoms with Gasteiger partial charge in [0.2, 0.25) is 5.91 Å². The number of aromatic nitrogens is 2. The Morgan fingerprint density at radius 3 is 2.67 bits per heavy atom. The van der Waals surface area contributed by atoms with Crippen LogP contribution in [0, 0.1) is 12.3 Å². The molecular weight excluding hydrogens is 382 g/mol. The summed E-state index contributed by atoms with van der Waals surface area (Å²) in [7, 11) is 1.53. The monoisotopic (exact) mass is 411 g/mol. The van der Waals surface area contributed by atoms with Crippen molar-refractivity contribution in [3.63, 3.8) is 0 Å². The van der Waals surface area contributed by atoms with Gasteiger partial charge in [0.15, 0.2) is 0 Å². The van der Waals surface area contributed by atoms with Crippen LogP contribution in [0.4, 0.5) is 11.4 Å². The van der Waals surface area contributed by atoms with Crippen LogP contribution in [0.25, 0.3) is 0 Å². The van der Waals surface area contributed by atoms with Crippen molar-refractivity contribution in [3.05, 3.63) is 42.0 Å². The van der Waals surface area contributed by atoms with Crippen LogP contribution in [0.5, 0.6) is 0 Å². The zero-order chi connectivity index (χ0) is 21.8. The van der Waals surface area contributed by atoms with Crippen molar-refractivity contribution >= 4 is 29.0 Å². The van der Waals surface area contributed by atoms with E-state index in [0.717, 1.165) is 25.3 Å². The van der Waals surface area contributed by atoms with E-state index in [2.05, 4.69) is 27.4 Å². The van der Waals surface area contributed by atoms with Crippen LogP contribution in [0.2, 0.25) is 0 Å². The number of hydrogen-bond donors (Lipinski definition) is 3. The molecule has 1 aliphatic heterocycles. The van der Waals surface area contributed by atoms with Gasteiger partial charge in [-0.15, -0.1) is 0 Å². The van der Waals surface area contributed by atoms with Crippen LogP contribution in [0.15, 0.2) is 30.6 Å². The molecule has 9 heteroatoms. The summed E-state index contributed by atoms with van der Waals surface area (Å²) in [4.78, 5) is 32.9. The summed E-state index contributed by atoms with van der Waals surface area (Å²) in [5.74, 6) is -0.491. The first-order valence-electron chi connectivity index (χ1n) is 10.00. The maximum Gasteiger partial charge on any atom is 0.277 e. The number of rotatable bonds is 5. The van der Waals surface area contributed by atoms with Gasteiger partial charge in [-0.1, -0.05) is 0 Å². The van der Waals surface area contributed by atoms with E-state index in [4.69, 9.17) is 5.41 Å². The zero-order valence-electron chi connectivity index (χ0n) is 17.9. The van der Waals surface area contributed by atoms with Gasteiger partial charge in [-0.3, -0.25) is 19.9 Å². The highest BCUT2D eigenvalue weighted by Gasteiger charge is 2.22. The Labute approximate surface area is 176 Å². The van der Waals surface area contributed by atoms with E-state index in [1.54, 1.807) is 6.92 Å². The normalized spacial score (nSPS) is 16.3. The second-order valence-electron chi connectivity index (χ2n) is 7.60. The quantitative estimate of drug-likeness (QED) is 0.513. The molecule has 0 aliphatic carbocycles. The minimum absolute atomic E-state index is 0.0383.